The Morgan fingerprint density at radius 2 is 2.00 bits per heavy atom. The molecule has 0 heterocycles. The van der Waals surface area contributed by atoms with E-state index in [0.717, 1.165) is 0 Å². The molecule has 18 heavy (non-hydrogen) atoms. The van der Waals surface area contributed by atoms with Gasteiger partial charge in [0.15, 0.2) is 0 Å². The second kappa shape index (κ2) is 5.67. The number of carboxylic acid groups (broad SMARTS) is 1. The van der Waals surface area contributed by atoms with Crippen LogP contribution in [-0.2, 0) is 4.79 Å². The van der Waals surface area contributed by atoms with Crippen LogP contribution in [-0.4, -0.2) is 29.6 Å². The summed E-state index contributed by atoms with van der Waals surface area (Å²) in [5, 5.41) is 13.5. The van der Waals surface area contributed by atoms with Gasteiger partial charge in [0.05, 0.1) is 12.1 Å². The van der Waals surface area contributed by atoms with Crippen LogP contribution in [0.15, 0.2) is 18.2 Å². The first kappa shape index (κ1) is 13.5. The normalized spacial score (nSPS) is 9.61. The Balaban J connectivity index is 2.69. The summed E-state index contributed by atoms with van der Waals surface area (Å²) < 4.78 is 0. The van der Waals surface area contributed by atoms with E-state index < -0.39 is 17.9 Å². The van der Waals surface area contributed by atoms with Gasteiger partial charge in [0.25, 0.3) is 0 Å². The number of anilines is 1. The molecule has 7 nitrogen and oxygen atoms in total. The maximum Gasteiger partial charge on any atom is 0.335 e. The lowest BCUT2D eigenvalue weighted by Gasteiger charge is -2.08. The predicted molar refractivity (Wildman–Crippen MR) is 64.4 cm³/mol. The van der Waals surface area contributed by atoms with Crippen LogP contribution in [0.4, 0.5) is 10.5 Å². The number of rotatable bonds is 4. The number of benzene rings is 1. The molecule has 1 aromatic rings. The zero-order valence-electron chi connectivity index (χ0n) is 9.69. The van der Waals surface area contributed by atoms with Gasteiger partial charge in [-0.25, -0.2) is 9.59 Å². The SMILES string of the molecule is Cc1cc(NC(=O)NCC(N)=O)ccc1C(=O)O. The highest BCUT2D eigenvalue weighted by Crippen LogP contribution is 2.14. The van der Waals surface area contributed by atoms with Gasteiger partial charge >= 0.3 is 12.0 Å². The molecule has 0 unspecified atom stereocenters. The molecule has 0 aliphatic heterocycles. The van der Waals surface area contributed by atoms with Crippen LogP contribution in [0.5, 0.6) is 0 Å². The van der Waals surface area contributed by atoms with E-state index in [1.165, 1.54) is 18.2 Å². The Kier molecular flexibility index (Phi) is 4.25. The number of hydrogen-bond donors (Lipinski definition) is 4. The van der Waals surface area contributed by atoms with E-state index in [1.54, 1.807) is 6.92 Å². The number of amides is 3. The van der Waals surface area contributed by atoms with Crippen molar-refractivity contribution in [1.29, 1.82) is 0 Å². The molecule has 0 radical (unpaired) electrons. The van der Waals surface area contributed by atoms with E-state index in [4.69, 9.17) is 10.8 Å². The van der Waals surface area contributed by atoms with Crippen molar-refractivity contribution in [2.24, 2.45) is 5.73 Å². The van der Waals surface area contributed by atoms with Crippen LogP contribution in [0.1, 0.15) is 15.9 Å². The largest absolute Gasteiger partial charge is 0.478 e. The summed E-state index contributed by atoms with van der Waals surface area (Å²) in [6.07, 6.45) is 0. The maximum absolute atomic E-state index is 11.3. The highest BCUT2D eigenvalue weighted by atomic mass is 16.4. The molecule has 0 bridgehead atoms. The molecule has 0 aromatic heterocycles. The van der Waals surface area contributed by atoms with Gasteiger partial charge in [-0.2, -0.15) is 0 Å². The van der Waals surface area contributed by atoms with Crippen molar-refractivity contribution in [3.8, 4) is 0 Å². The van der Waals surface area contributed by atoms with E-state index in [1.807, 2.05) is 0 Å². The van der Waals surface area contributed by atoms with E-state index in [0.29, 0.717) is 11.3 Å². The number of aryl methyl sites for hydroxylation is 1. The summed E-state index contributed by atoms with van der Waals surface area (Å²) in [5.74, 6) is -1.68. The fraction of sp³-hybridized carbons (Fsp3) is 0.182. The summed E-state index contributed by atoms with van der Waals surface area (Å²) >= 11 is 0. The van der Waals surface area contributed by atoms with Crippen molar-refractivity contribution in [2.75, 3.05) is 11.9 Å². The molecule has 0 fully saturated rings. The Morgan fingerprint density at radius 1 is 1.33 bits per heavy atom. The summed E-state index contributed by atoms with van der Waals surface area (Å²) in [7, 11) is 0. The minimum Gasteiger partial charge on any atom is -0.478 e. The number of primary amides is 1. The van der Waals surface area contributed by atoms with Crippen LogP contribution in [0.2, 0.25) is 0 Å². The number of nitrogens with one attached hydrogen (secondary N) is 2. The van der Waals surface area contributed by atoms with Gasteiger partial charge in [0.1, 0.15) is 0 Å². The topological polar surface area (TPSA) is 122 Å². The van der Waals surface area contributed by atoms with E-state index in [9.17, 15) is 14.4 Å². The van der Waals surface area contributed by atoms with Crippen LogP contribution in [0.3, 0.4) is 0 Å². The van der Waals surface area contributed by atoms with E-state index >= 15 is 0 Å². The number of carboxylic acids is 1. The fourth-order valence-electron chi connectivity index (χ4n) is 1.32. The first-order chi connectivity index (χ1) is 8.40. The minimum atomic E-state index is -1.03. The number of carbonyl (C=O) groups excluding carboxylic acids is 2. The zero-order valence-corrected chi connectivity index (χ0v) is 9.69. The molecule has 1 rings (SSSR count). The van der Waals surface area contributed by atoms with Gasteiger partial charge in [-0.05, 0) is 30.7 Å². The molecule has 0 aliphatic carbocycles. The van der Waals surface area contributed by atoms with Crippen molar-refractivity contribution in [3.63, 3.8) is 0 Å². The Labute approximate surface area is 103 Å². The first-order valence-corrected chi connectivity index (χ1v) is 5.07. The third-order valence-corrected chi connectivity index (χ3v) is 2.14. The number of nitrogens with two attached hydrogens (primary N) is 1. The molecule has 0 atom stereocenters. The van der Waals surface area contributed by atoms with Crippen molar-refractivity contribution in [2.45, 2.75) is 6.92 Å². The van der Waals surface area contributed by atoms with Gasteiger partial charge in [-0.15, -0.1) is 0 Å². The third-order valence-electron chi connectivity index (χ3n) is 2.14. The molecular formula is C11H13N3O4. The molecule has 3 amide bonds. The van der Waals surface area contributed by atoms with Crippen molar-refractivity contribution < 1.29 is 19.5 Å². The van der Waals surface area contributed by atoms with Crippen LogP contribution < -0.4 is 16.4 Å². The molecule has 5 N–H and O–H groups in total. The number of hydrogen-bond acceptors (Lipinski definition) is 3. The van der Waals surface area contributed by atoms with Crippen molar-refractivity contribution in [3.05, 3.63) is 29.3 Å². The molecular weight excluding hydrogens is 238 g/mol. The number of aromatic carboxylic acids is 1. The lowest BCUT2D eigenvalue weighted by Crippen LogP contribution is -2.36. The Morgan fingerprint density at radius 3 is 2.50 bits per heavy atom. The summed E-state index contributed by atoms with van der Waals surface area (Å²) in [5.41, 5.74) is 5.98. The van der Waals surface area contributed by atoms with Gasteiger partial charge in [-0.3, -0.25) is 4.79 Å². The Bertz CT molecular complexity index is 499. The molecule has 0 aliphatic rings. The quantitative estimate of drug-likeness (QED) is 0.614. The molecule has 1 aromatic carbocycles. The third kappa shape index (κ3) is 3.78. The van der Waals surface area contributed by atoms with E-state index in [2.05, 4.69) is 10.6 Å². The monoisotopic (exact) mass is 251 g/mol. The van der Waals surface area contributed by atoms with Crippen molar-refractivity contribution >= 4 is 23.6 Å². The van der Waals surface area contributed by atoms with Crippen LogP contribution in [0, 0.1) is 6.92 Å². The standard InChI is InChI=1S/C11H13N3O4/c1-6-4-7(2-3-8(6)10(16)17)14-11(18)13-5-9(12)15/h2-4H,5H2,1H3,(H2,12,15)(H,16,17)(H2,13,14,18). The maximum atomic E-state index is 11.3. The molecule has 7 heteroatoms. The number of urea groups is 1. The lowest BCUT2D eigenvalue weighted by atomic mass is 10.1. The fourth-order valence-corrected chi connectivity index (χ4v) is 1.32. The lowest BCUT2D eigenvalue weighted by molar-refractivity contribution is -0.117. The van der Waals surface area contributed by atoms with Gasteiger partial charge in [-0.1, -0.05) is 0 Å². The molecule has 0 saturated heterocycles. The summed E-state index contributed by atoms with van der Waals surface area (Å²) in [4.78, 5) is 32.5. The molecule has 0 saturated carbocycles. The smallest absolute Gasteiger partial charge is 0.335 e. The minimum absolute atomic E-state index is 0.165. The first-order valence-electron chi connectivity index (χ1n) is 5.07. The van der Waals surface area contributed by atoms with Gasteiger partial charge in [0, 0.05) is 5.69 Å². The average Bonchev–Trinajstić information content (AvgIpc) is 2.26. The second-order valence-corrected chi connectivity index (χ2v) is 3.61. The van der Waals surface area contributed by atoms with Crippen LogP contribution >= 0.6 is 0 Å². The van der Waals surface area contributed by atoms with Crippen LogP contribution in [0.25, 0.3) is 0 Å². The molecule has 0 spiro atoms. The number of carbonyl (C=O) groups is 3. The molecule has 96 valence electrons. The van der Waals surface area contributed by atoms with Gasteiger partial charge in [0.2, 0.25) is 5.91 Å². The summed E-state index contributed by atoms with van der Waals surface area (Å²) in [6.45, 7) is 1.36. The van der Waals surface area contributed by atoms with Crippen molar-refractivity contribution in [1.82, 2.24) is 5.32 Å². The summed E-state index contributed by atoms with van der Waals surface area (Å²) in [6, 6.07) is 3.78. The predicted octanol–water partition coefficient (Wildman–Crippen LogP) is 0.300. The zero-order chi connectivity index (χ0) is 13.7. The van der Waals surface area contributed by atoms with Gasteiger partial charge < -0.3 is 21.5 Å². The van der Waals surface area contributed by atoms with E-state index in [-0.39, 0.29) is 12.1 Å². The second-order valence-electron chi connectivity index (χ2n) is 3.61. The highest BCUT2D eigenvalue weighted by molar-refractivity contribution is 5.94. The average molecular weight is 251 g/mol. The Hall–Kier alpha value is -2.57. The highest BCUT2D eigenvalue weighted by Gasteiger charge is 2.08.